The first-order chi connectivity index (χ1) is 11.7. The van der Waals surface area contributed by atoms with Gasteiger partial charge in [-0.05, 0) is 48.9 Å². The molecule has 0 spiro atoms. The number of rotatable bonds is 6. The Kier molecular flexibility index (Phi) is 5.39. The minimum atomic E-state index is -0.00687. The summed E-state index contributed by atoms with van der Waals surface area (Å²) < 4.78 is 2.06. The topological polar surface area (TPSA) is 34.0 Å². The molecule has 1 unspecified atom stereocenters. The first kappa shape index (κ1) is 16.4. The van der Waals surface area contributed by atoms with Crippen LogP contribution in [0.3, 0.4) is 0 Å². The zero-order chi connectivity index (χ0) is 16.8. The number of amides is 1. The number of aromatic nitrogens is 1. The van der Waals surface area contributed by atoms with Crippen LogP contribution < -0.4 is 5.32 Å². The molecule has 3 rings (SSSR count). The molecule has 0 bridgehead atoms. The first-order valence-corrected chi connectivity index (χ1v) is 8.91. The van der Waals surface area contributed by atoms with Crippen LogP contribution in [0.15, 0.2) is 84.0 Å². The van der Waals surface area contributed by atoms with Gasteiger partial charge >= 0.3 is 0 Å². The van der Waals surface area contributed by atoms with E-state index < -0.39 is 0 Å². The molecule has 0 saturated heterocycles. The predicted octanol–water partition coefficient (Wildman–Crippen LogP) is 4.45. The normalized spacial score (nSPS) is 11.9. The number of hydrogen-bond donors (Lipinski definition) is 1. The van der Waals surface area contributed by atoms with Crippen molar-refractivity contribution in [3.8, 4) is 5.69 Å². The van der Waals surface area contributed by atoms with E-state index in [0.717, 1.165) is 16.1 Å². The standard InChI is InChI=1S/C20H20N2OS/c1-16(21-20(23)15-24-19-7-3-2-4-8-19)17-9-11-18(12-10-17)22-13-5-6-14-22/h2-14,16H,15H2,1H3,(H,21,23). The van der Waals surface area contributed by atoms with Gasteiger partial charge in [0.25, 0.3) is 0 Å². The third-order valence-electron chi connectivity index (χ3n) is 3.79. The van der Waals surface area contributed by atoms with E-state index >= 15 is 0 Å². The largest absolute Gasteiger partial charge is 0.349 e. The molecule has 1 atom stereocenters. The maximum atomic E-state index is 12.1. The van der Waals surface area contributed by atoms with Gasteiger partial charge in [0.2, 0.25) is 5.91 Å². The van der Waals surface area contributed by atoms with Gasteiger partial charge in [-0.25, -0.2) is 0 Å². The number of carbonyl (C=O) groups is 1. The molecule has 122 valence electrons. The molecule has 4 heteroatoms. The highest BCUT2D eigenvalue weighted by Gasteiger charge is 2.10. The zero-order valence-corrected chi connectivity index (χ0v) is 14.4. The van der Waals surface area contributed by atoms with E-state index in [1.54, 1.807) is 11.8 Å². The first-order valence-electron chi connectivity index (χ1n) is 7.93. The Labute approximate surface area is 146 Å². The fraction of sp³-hybridized carbons (Fsp3) is 0.150. The van der Waals surface area contributed by atoms with Gasteiger partial charge in [0.05, 0.1) is 11.8 Å². The molecular weight excluding hydrogens is 316 g/mol. The van der Waals surface area contributed by atoms with Crippen LogP contribution in [0.1, 0.15) is 18.5 Å². The van der Waals surface area contributed by atoms with Crippen molar-refractivity contribution in [1.29, 1.82) is 0 Å². The van der Waals surface area contributed by atoms with Gasteiger partial charge < -0.3 is 9.88 Å². The number of benzene rings is 2. The minimum absolute atomic E-state index is 0.00687. The summed E-state index contributed by atoms with van der Waals surface area (Å²) in [5, 5.41) is 3.05. The highest BCUT2D eigenvalue weighted by atomic mass is 32.2. The van der Waals surface area contributed by atoms with Crippen LogP contribution in [0.25, 0.3) is 5.69 Å². The monoisotopic (exact) mass is 336 g/mol. The second-order valence-corrected chi connectivity index (χ2v) is 6.62. The summed E-state index contributed by atoms with van der Waals surface area (Å²) in [5.41, 5.74) is 2.21. The SMILES string of the molecule is CC(NC(=O)CSc1ccccc1)c1ccc(-n2cccc2)cc1. The average molecular weight is 336 g/mol. The molecule has 0 radical (unpaired) electrons. The lowest BCUT2D eigenvalue weighted by atomic mass is 10.1. The molecule has 1 heterocycles. The van der Waals surface area contributed by atoms with Crippen LogP contribution in [-0.2, 0) is 4.79 Å². The van der Waals surface area contributed by atoms with E-state index in [4.69, 9.17) is 0 Å². The van der Waals surface area contributed by atoms with Crippen molar-refractivity contribution in [3.63, 3.8) is 0 Å². The van der Waals surface area contributed by atoms with Crippen molar-refractivity contribution >= 4 is 17.7 Å². The summed E-state index contributed by atoms with van der Waals surface area (Å²) in [6, 6.07) is 22.2. The van der Waals surface area contributed by atoms with Crippen LogP contribution in [0.2, 0.25) is 0 Å². The molecule has 2 aromatic carbocycles. The molecule has 1 aromatic heterocycles. The lowest BCUT2D eigenvalue weighted by Crippen LogP contribution is -2.28. The second-order valence-electron chi connectivity index (χ2n) is 5.57. The van der Waals surface area contributed by atoms with Crippen LogP contribution >= 0.6 is 11.8 Å². The fourth-order valence-electron chi connectivity index (χ4n) is 2.47. The van der Waals surface area contributed by atoms with Gasteiger partial charge in [0.1, 0.15) is 0 Å². The summed E-state index contributed by atoms with van der Waals surface area (Å²) in [5.74, 6) is 0.473. The Balaban J connectivity index is 1.54. The van der Waals surface area contributed by atoms with E-state index in [-0.39, 0.29) is 11.9 Å². The van der Waals surface area contributed by atoms with Crippen LogP contribution in [0, 0.1) is 0 Å². The number of nitrogens with zero attached hydrogens (tertiary/aromatic N) is 1. The lowest BCUT2D eigenvalue weighted by molar-refractivity contribution is -0.119. The van der Waals surface area contributed by atoms with E-state index in [0.29, 0.717) is 5.75 Å². The average Bonchev–Trinajstić information content (AvgIpc) is 3.16. The Morgan fingerprint density at radius 1 is 1.00 bits per heavy atom. The molecule has 24 heavy (non-hydrogen) atoms. The smallest absolute Gasteiger partial charge is 0.230 e. The number of thioether (sulfide) groups is 1. The van der Waals surface area contributed by atoms with Crippen molar-refractivity contribution in [2.75, 3.05) is 5.75 Å². The molecule has 0 fully saturated rings. The van der Waals surface area contributed by atoms with Gasteiger partial charge in [-0.15, -0.1) is 11.8 Å². The molecule has 1 amide bonds. The predicted molar refractivity (Wildman–Crippen MR) is 99.5 cm³/mol. The maximum absolute atomic E-state index is 12.1. The quantitative estimate of drug-likeness (QED) is 0.675. The number of nitrogens with one attached hydrogen (secondary N) is 1. The van der Waals surface area contributed by atoms with E-state index in [9.17, 15) is 4.79 Å². The highest BCUT2D eigenvalue weighted by Crippen LogP contribution is 2.18. The molecule has 3 aromatic rings. The Bertz CT molecular complexity index is 767. The Hall–Kier alpha value is -2.46. The summed E-state index contributed by atoms with van der Waals surface area (Å²) in [6.45, 7) is 2.01. The van der Waals surface area contributed by atoms with Gasteiger partial charge in [-0.3, -0.25) is 4.79 Å². The highest BCUT2D eigenvalue weighted by molar-refractivity contribution is 8.00. The van der Waals surface area contributed by atoms with E-state index in [1.807, 2.05) is 61.8 Å². The molecule has 0 saturated carbocycles. The van der Waals surface area contributed by atoms with Crippen molar-refractivity contribution in [2.45, 2.75) is 17.9 Å². The van der Waals surface area contributed by atoms with Gasteiger partial charge in [-0.1, -0.05) is 30.3 Å². The molecule has 0 aliphatic carbocycles. The molecular formula is C20H20N2OS. The molecule has 3 nitrogen and oxygen atoms in total. The fourth-order valence-corrected chi connectivity index (χ4v) is 3.20. The second kappa shape index (κ2) is 7.88. The minimum Gasteiger partial charge on any atom is -0.349 e. The van der Waals surface area contributed by atoms with Gasteiger partial charge in [0.15, 0.2) is 0 Å². The lowest BCUT2D eigenvalue weighted by Gasteiger charge is -2.15. The summed E-state index contributed by atoms with van der Waals surface area (Å²) in [4.78, 5) is 13.2. The zero-order valence-electron chi connectivity index (χ0n) is 13.6. The number of carbonyl (C=O) groups excluding carboxylic acids is 1. The van der Waals surface area contributed by atoms with Crippen LogP contribution in [0.4, 0.5) is 0 Å². The molecule has 1 N–H and O–H groups in total. The van der Waals surface area contributed by atoms with Crippen molar-refractivity contribution in [3.05, 3.63) is 84.7 Å². The summed E-state index contributed by atoms with van der Waals surface area (Å²) in [7, 11) is 0. The van der Waals surface area contributed by atoms with Crippen LogP contribution in [0.5, 0.6) is 0 Å². The van der Waals surface area contributed by atoms with Crippen molar-refractivity contribution < 1.29 is 4.79 Å². The third kappa shape index (κ3) is 4.30. The maximum Gasteiger partial charge on any atom is 0.230 e. The van der Waals surface area contributed by atoms with Crippen LogP contribution in [-0.4, -0.2) is 16.2 Å². The van der Waals surface area contributed by atoms with Gasteiger partial charge in [0, 0.05) is 23.0 Å². The molecule has 0 aliphatic heterocycles. The van der Waals surface area contributed by atoms with Crippen molar-refractivity contribution in [2.24, 2.45) is 0 Å². The Morgan fingerprint density at radius 2 is 1.67 bits per heavy atom. The van der Waals surface area contributed by atoms with E-state index in [1.165, 1.54) is 0 Å². The Morgan fingerprint density at radius 3 is 2.33 bits per heavy atom. The van der Waals surface area contributed by atoms with E-state index in [2.05, 4.69) is 34.1 Å². The number of hydrogen-bond acceptors (Lipinski definition) is 2. The molecule has 0 aliphatic rings. The van der Waals surface area contributed by atoms with Crippen molar-refractivity contribution in [1.82, 2.24) is 9.88 Å². The van der Waals surface area contributed by atoms with Gasteiger partial charge in [-0.2, -0.15) is 0 Å². The third-order valence-corrected chi connectivity index (χ3v) is 4.80. The summed E-state index contributed by atoms with van der Waals surface area (Å²) >= 11 is 1.55. The summed E-state index contributed by atoms with van der Waals surface area (Å²) in [6.07, 6.45) is 4.03.